The standard InChI is InChI=1S/C20H21N5O/c1-4-17(26)16-5-11(2)15(9-22-16)14-6-12-8-23-18(21-3)7-13(12)19-20(14)25-10-24-19/h5-10,17,26H,4H2,1-3H3,(H,21,23)(H,24,25). The van der Waals surface area contributed by atoms with E-state index in [1.54, 1.807) is 6.33 Å². The van der Waals surface area contributed by atoms with Crippen molar-refractivity contribution >= 4 is 27.6 Å². The summed E-state index contributed by atoms with van der Waals surface area (Å²) in [7, 11) is 1.86. The SMILES string of the molecule is CCC(O)c1cc(C)c(-c2cc3cnc(NC)cc3c3[nH]cnc23)cn1. The fraction of sp³-hybridized carbons (Fsp3) is 0.250. The second-order valence-corrected chi connectivity index (χ2v) is 6.44. The quantitative estimate of drug-likeness (QED) is 0.520. The molecule has 0 radical (unpaired) electrons. The lowest BCUT2D eigenvalue weighted by molar-refractivity contribution is 0.169. The van der Waals surface area contributed by atoms with Crippen molar-refractivity contribution < 1.29 is 5.11 Å². The number of hydrogen-bond acceptors (Lipinski definition) is 5. The number of imidazole rings is 1. The first-order valence-corrected chi connectivity index (χ1v) is 8.71. The Labute approximate surface area is 151 Å². The average Bonchev–Trinajstić information content (AvgIpc) is 3.16. The number of aliphatic hydroxyl groups is 1. The van der Waals surface area contributed by atoms with E-state index < -0.39 is 6.10 Å². The van der Waals surface area contributed by atoms with Gasteiger partial charge in [0.2, 0.25) is 0 Å². The highest BCUT2D eigenvalue weighted by Crippen LogP contribution is 2.35. The van der Waals surface area contributed by atoms with E-state index in [0.717, 1.165) is 44.3 Å². The van der Waals surface area contributed by atoms with Crippen LogP contribution >= 0.6 is 0 Å². The maximum atomic E-state index is 10.1. The van der Waals surface area contributed by atoms with Gasteiger partial charge in [0.15, 0.2) is 0 Å². The third-order valence-electron chi connectivity index (χ3n) is 4.80. The molecule has 3 N–H and O–H groups in total. The van der Waals surface area contributed by atoms with E-state index in [1.165, 1.54) is 0 Å². The summed E-state index contributed by atoms with van der Waals surface area (Å²) in [6, 6.07) is 6.07. The zero-order valence-corrected chi connectivity index (χ0v) is 15.0. The zero-order valence-electron chi connectivity index (χ0n) is 15.0. The number of aromatic nitrogens is 4. The Bertz CT molecular complexity index is 1100. The number of aliphatic hydroxyl groups excluding tert-OH is 1. The first-order valence-electron chi connectivity index (χ1n) is 8.71. The molecular formula is C20H21N5O. The van der Waals surface area contributed by atoms with E-state index in [4.69, 9.17) is 0 Å². The summed E-state index contributed by atoms with van der Waals surface area (Å²) in [5, 5.41) is 15.2. The first kappa shape index (κ1) is 16.5. The van der Waals surface area contributed by atoms with E-state index in [-0.39, 0.29) is 0 Å². The third kappa shape index (κ3) is 2.59. The number of nitrogens with zero attached hydrogens (tertiary/aromatic N) is 3. The minimum absolute atomic E-state index is 0.533. The molecule has 1 aromatic carbocycles. The van der Waals surface area contributed by atoms with Gasteiger partial charge >= 0.3 is 0 Å². The molecule has 132 valence electrons. The minimum atomic E-state index is -0.533. The molecule has 6 heteroatoms. The fourth-order valence-electron chi connectivity index (χ4n) is 3.32. The lowest BCUT2D eigenvalue weighted by Gasteiger charge is -2.13. The molecule has 3 aromatic heterocycles. The van der Waals surface area contributed by atoms with Crippen molar-refractivity contribution in [2.75, 3.05) is 12.4 Å². The minimum Gasteiger partial charge on any atom is -0.387 e. The first-order chi connectivity index (χ1) is 12.6. The van der Waals surface area contributed by atoms with Gasteiger partial charge in [0, 0.05) is 41.3 Å². The van der Waals surface area contributed by atoms with Crippen molar-refractivity contribution in [1.82, 2.24) is 19.9 Å². The van der Waals surface area contributed by atoms with Crippen LogP contribution in [0.25, 0.3) is 32.9 Å². The van der Waals surface area contributed by atoms with E-state index in [0.29, 0.717) is 12.1 Å². The van der Waals surface area contributed by atoms with E-state index in [9.17, 15) is 5.11 Å². The largest absolute Gasteiger partial charge is 0.387 e. The topological polar surface area (TPSA) is 86.7 Å². The maximum Gasteiger partial charge on any atom is 0.126 e. The Balaban J connectivity index is 1.95. The molecule has 26 heavy (non-hydrogen) atoms. The van der Waals surface area contributed by atoms with Gasteiger partial charge in [-0.25, -0.2) is 9.97 Å². The van der Waals surface area contributed by atoms with Crippen molar-refractivity contribution in [2.24, 2.45) is 0 Å². The Morgan fingerprint density at radius 1 is 1.12 bits per heavy atom. The van der Waals surface area contributed by atoms with Crippen molar-refractivity contribution in [3.63, 3.8) is 0 Å². The number of H-pyrrole nitrogens is 1. The van der Waals surface area contributed by atoms with Crippen LogP contribution in [0.5, 0.6) is 0 Å². The average molecular weight is 347 g/mol. The molecular weight excluding hydrogens is 326 g/mol. The summed E-state index contributed by atoms with van der Waals surface area (Å²) in [6.45, 7) is 3.98. The number of hydrogen-bond donors (Lipinski definition) is 3. The van der Waals surface area contributed by atoms with Gasteiger partial charge in [0.1, 0.15) is 5.82 Å². The number of nitrogens with one attached hydrogen (secondary N) is 2. The smallest absolute Gasteiger partial charge is 0.126 e. The lowest BCUT2D eigenvalue weighted by atomic mass is 9.97. The molecule has 0 spiro atoms. The van der Waals surface area contributed by atoms with Gasteiger partial charge in [-0.1, -0.05) is 6.92 Å². The summed E-state index contributed by atoms with van der Waals surface area (Å²) in [5.74, 6) is 0.817. The predicted molar refractivity (Wildman–Crippen MR) is 104 cm³/mol. The summed E-state index contributed by atoms with van der Waals surface area (Å²) in [4.78, 5) is 16.7. The number of anilines is 1. The molecule has 6 nitrogen and oxygen atoms in total. The van der Waals surface area contributed by atoms with Gasteiger partial charge in [0.05, 0.1) is 29.2 Å². The van der Waals surface area contributed by atoms with Crippen molar-refractivity contribution in [3.8, 4) is 11.1 Å². The fourth-order valence-corrected chi connectivity index (χ4v) is 3.32. The molecule has 0 saturated carbocycles. The van der Waals surface area contributed by atoms with Crippen LogP contribution in [-0.2, 0) is 0 Å². The molecule has 4 rings (SSSR count). The molecule has 1 unspecified atom stereocenters. The van der Waals surface area contributed by atoms with E-state index >= 15 is 0 Å². The normalized spacial score (nSPS) is 12.6. The maximum absolute atomic E-state index is 10.1. The van der Waals surface area contributed by atoms with Crippen LogP contribution in [0.1, 0.15) is 30.7 Å². The number of pyridine rings is 2. The van der Waals surface area contributed by atoms with Gasteiger partial charge in [-0.2, -0.15) is 0 Å². The second-order valence-electron chi connectivity index (χ2n) is 6.44. The molecule has 3 heterocycles. The molecule has 0 aliphatic carbocycles. The van der Waals surface area contributed by atoms with Crippen molar-refractivity contribution in [3.05, 3.63) is 48.2 Å². The van der Waals surface area contributed by atoms with Crippen molar-refractivity contribution in [1.29, 1.82) is 0 Å². The van der Waals surface area contributed by atoms with E-state index in [1.807, 2.05) is 45.4 Å². The van der Waals surface area contributed by atoms with Gasteiger partial charge in [-0.05, 0) is 37.1 Å². The summed E-state index contributed by atoms with van der Waals surface area (Å²) >= 11 is 0. The molecule has 4 aromatic rings. The van der Waals surface area contributed by atoms with Gasteiger partial charge in [0.25, 0.3) is 0 Å². The van der Waals surface area contributed by atoms with Crippen LogP contribution in [0.2, 0.25) is 0 Å². The number of rotatable bonds is 4. The van der Waals surface area contributed by atoms with Gasteiger partial charge in [-0.15, -0.1) is 0 Å². The summed E-state index contributed by atoms with van der Waals surface area (Å²) in [6.07, 6.45) is 5.52. The Hall–Kier alpha value is -2.99. The Morgan fingerprint density at radius 3 is 2.69 bits per heavy atom. The van der Waals surface area contributed by atoms with Crippen LogP contribution in [0.4, 0.5) is 5.82 Å². The summed E-state index contributed by atoms with van der Waals surface area (Å²) in [5.41, 5.74) is 5.66. The van der Waals surface area contributed by atoms with Crippen molar-refractivity contribution in [2.45, 2.75) is 26.4 Å². The van der Waals surface area contributed by atoms with Crippen LogP contribution in [0.3, 0.4) is 0 Å². The molecule has 0 saturated heterocycles. The van der Waals surface area contributed by atoms with Crippen LogP contribution in [0.15, 0.2) is 36.9 Å². The monoisotopic (exact) mass is 347 g/mol. The molecule has 0 bridgehead atoms. The molecule has 0 fully saturated rings. The third-order valence-corrected chi connectivity index (χ3v) is 4.80. The molecule has 0 amide bonds. The highest BCUT2D eigenvalue weighted by molar-refractivity contribution is 6.11. The second kappa shape index (κ2) is 6.38. The molecule has 0 aliphatic rings. The lowest BCUT2D eigenvalue weighted by Crippen LogP contribution is -2.00. The number of benzene rings is 1. The number of fused-ring (bicyclic) bond motifs is 3. The zero-order chi connectivity index (χ0) is 18.3. The van der Waals surface area contributed by atoms with Crippen LogP contribution in [-0.4, -0.2) is 32.1 Å². The van der Waals surface area contributed by atoms with Gasteiger partial charge in [-0.3, -0.25) is 4.98 Å². The molecule has 1 atom stereocenters. The van der Waals surface area contributed by atoms with Gasteiger partial charge < -0.3 is 15.4 Å². The Morgan fingerprint density at radius 2 is 1.96 bits per heavy atom. The number of aromatic amines is 1. The summed E-state index contributed by atoms with van der Waals surface area (Å²) < 4.78 is 0. The number of aryl methyl sites for hydroxylation is 1. The molecule has 0 aliphatic heterocycles. The highest BCUT2D eigenvalue weighted by atomic mass is 16.3. The van der Waals surface area contributed by atoms with Crippen LogP contribution in [0, 0.1) is 6.92 Å². The highest BCUT2D eigenvalue weighted by Gasteiger charge is 2.15. The van der Waals surface area contributed by atoms with E-state index in [2.05, 4.69) is 31.3 Å². The predicted octanol–water partition coefficient (Wildman–Crippen LogP) is 3.97. The Kier molecular flexibility index (Phi) is 4.05. The van der Waals surface area contributed by atoms with Crippen LogP contribution < -0.4 is 5.32 Å².